The number of halogens is 2. The fourth-order valence-corrected chi connectivity index (χ4v) is 2.58. The Morgan fingerprint density at radius 2 is 2.10 bits per heavy atom. The fourth-order valence-electron chi connectivity index (χ4n) is 2.23. The van der Waals surface area contributed by atoms with Crippen LogP contribution in [0.4, 0.5) is 0 Å². The number of hydrogen-bond donors (Lipinski definition) is 0. The van der Waals surface area contributed by atoms with Gasteiger partial charge in [0.2, 0.25) is 5.88 Å². The van der Waals surface area contributed by atoms with Crippen molar-refractivity contribution >= 4 is 34.4 Å². The number of ether oxygens (including phenoxy) is 1. The Balaban J connectivity index is 2.38. The van der Waals surface area contributed by atoms with Crippen molar-refractivity contribution in [2.75, 3.05) is 7.11 Å². The molecule has 0 N–H and O–H groups in total. The smallest absolute Gasteiger partial charge is 0.245 e. The van der Waals surface area contributed by atoms with Gasteiger partial charge in [0.05, 0.1) is 18.7 Å². The number of imidazole rings is 1. The molecule has 2 heterocycles. The second-order valence-electron chi connectivity index (χ2n) is 4.48. The Hall–Kier alpha value is -1.85. The lowest BCUT2D eigenvalue weighted by atomic mass is 10.2. The van der Waals surface area contributed by atoms with Crippen LogP contribution in [0.1, 0.15) is 11.4 Å². The molecule has 0 radical (unpaired) electrons. The van der Waals surface area contributed by atoms with E-state index in [1.807, 2.05) is 29.7 Å². The van der Waals surface area contributed by atoms with Crippen LogP contribution in [0.3, 0.4) is 0 Å². The van der Waals surface area contributed by atoms with E-state index in [0.29, 0.717) is 27.9 Å². The number of fused-ring (bicyclic) bond motifs is 1. The van der Waals surface area contributed by atoms with Crippen LogP contribution in [0.25, 0.3) is 16.9 Å². The van der Waals surface area contributed by atoms with Gasteiger partial charge in [-0.2, -0.15) is 4.98 Å². The number of nitrogens with zero attached hydrogens (tertiary/aromatic N) is 4. The van der Waals surface area contributed by atoms with Gasteiger partial charge in [0.15, 0.2) is 11.2 Å². The summed E-state index contributed by atoms with van der Waals surface area (Å²) < 4.78 is 7.12. The van der Waals surface area contributed by atoms with Gasteiger partial charge in [-0.25, -0.2) is 9.97 Å². The summed E-state index contributed by atoms with van der Waals surface area (Å²) in [6, 6.07) is 5.65. The molecule has 0 aliphatic heterocycles. The third-order valence-corrected chi connectivity index (χ3v) is 3.68. The molecule has 0 spiro atoms. The van der Waals surface area contributed by atoms with Gasteiger partial charge in [0.1, 0.15) is 12.2 Å². The SMILES string of the molecule is COc1ncnc2c1nc(CCl)n2-c1cc(Cl)ccc1C. The molecule has 2 aromatic heterocycles. The van der Waals surface area contributed by atoms with Gasteiger partial charge in [0.25, 0.3) is 0 Å². The second-order valence-corrected chi connectivity index (χ2v) is 5.19. The molecule has 0 saturated heterocycles. The molecule has 21 heavy (non-hydrogen) atoms. The van der Waals surface area contributed by atoms with Crippen LogP contribution in [0, 0.1) is 6.92 Å². The summed E-state index contributed by atoms with van der Waals surface area (Å²) in [6.45, 7) is 1.99. The van der Waals surface area contributed by atoms with E-state index in [1.165, 1.54) is 6.33 Å². The highest BCUT2D eigenvalue weighted by Crippen LogP contribution is 2.28. The average Bonchev–Trinajstić information content (AvgIpc) is 2.88. The number of rotatable bonds is 3. The molecule has 0 fully saturated rings. The first-order chi connectivity index (χ1) is 10.2. The highest BCUT2D eigenvalue weighted by atomic mass is 35.5. The van der Waals surface area contributed by atoms with E-state index in [2.05, 4.69) is 15.0 Å². The normalized spacial score (nSPS) is 11.0. The van der Waals surface area contributed by atoms with Gasteiger partial charge < -0.3 is 4.74 Å². The minimum atomic E-state index is 0.242. The van der Waals surface area contributed by atoms with Crippen molar-refractivity contribution in [3.05, 3.63) is 40.9 Å². The first kappa shape index (κ1) is 14.1. The van der Waals surface area contributed by atoms with Crippen molar-refractivity contribution in [3.63, 3.8) is 0 Å². The molecular formula is C14H12Cl2N4O. The van der Waals surface area contributed by atoms with Crippen LogP contribution in [0.5, 0.6) is 5.88 Å². The van der Waals surface area contributed by atoms with Crippen molar-refractivity contribution in [1.82, 2.24) is 19.5 Å². The van der Waals surface area contributed by atoms with Crippen LogP contribution < -0.4 is 4.74 Å². The lowest BCUT2D eigenvalue weighted by Crippen LogP contribution is -2.02. The summed E-state index contributed by atoms with van der Waals surface area (Å²) in [5.41, 5.74) is 3.15. The Kier molecular flexibility index (Phi) is 3.69. The highest BCUT2D eigenvalue weighted by Gasteiger charge is 2.18. The lowest BCUT2D eigenvalue weighted by Gasteiger charge is -2.10. The highest BCUT2D eigenvalue weighted by molar-refractivity contribution is 6.30. The molecule has 0 bridgehead atoms. The van der Waals surface area contributed by atoms with Gasteiger partial charge in [-0.05, 0) is 24.6 Å². The van der Waals surface area contributed by atoms with Crippen LogP contribution >= 0.6 is 23.2 Å². The van der Waals surface area contributed by atoms with Crippen molar-refractivity contribution in [1.29, 1.82) is 0 Å². The number of alkyl halides is 1. The molecule has 3 rings (SSSR count). The third-order valence-electron chi connectivity index (χ3n) is 3.21. The maximum absolute atomic E-state index is 6.11. The molecule has 0 aliphatic carbocycles. The van der Waals surface area contributed by atoms with E-state index >= 15 is 0 Å². The maximum Gasteiger partial charge on any atom is 0.245 e. The van der Waals surface area contributed by atoms with E-state index in [1.54, 1.807) is 7.11 Å². The third kappa shape index (κ3) is 2.32. The minimum absolute atomic E-state index is 0.242. The van der Waals surface area contributed by atoms with Crippen LogP contribution in [0.2, 0.25) is 5.02 Å². The summed E-state index contributed by atoms with van der Waals surface area (Å²) in [5, 5.41) is 0.638. The Bertz CT molecular complexity index is 816. The van der Waals surface area contributed by atoms with Crippen molar-refractivity contribution in [3.8, 4) is 11.6 Å². The zero-order valence-electron chi connectivity index (χ0n) is 11.5. The zero-order valence-corrected chi connectivity index (χ0v) is 13.0. The molecule has 0 saturated carbocycles. The number of hydrogen-bond acceptors (Lipinski definition) is 4. The number of aromatic nitrogens is 4. The quantitative estimate of drug-likeness (QED) is 0.692. The van der Waals surface area contributed by atoms with Gasteiger partial charge >= 0.3 is 0 Å². The molecule has 108 valence electrons. The molecule has 0 atom stereocenters. The molecule has 0 amide bonds. The molecule has 0 aliphatic rings. The number of methoxy groups -OCH3 is 1. The van der Waals surface area contributed by atoms with Crippen LogP contribution in [-0.2, 0) is 5.88 Å². The van der Waals surface area contributed by atoms with E-state index < -0.39 is 0 Å². The van der Waals surface area contributed by atoms with Crippen molar-refractivity contribution < 1.29 is 4.74 Å². The summed E-state index contributed by atoms with van der Waals surface area (Å²) in [4.78, 5) is 12.9. The first-order valence-corrected chi connectivity index (χ1v) is 7.15. The Morgan fingerprint density at radius 3 is 2.81 bits per heavy atom. The zero-order chi connectivity index (χ0) is 15.0. The van der Waals surface area contributed by atoms with Crippen LogP contribution in [-0.4, -0.2) is 26.6 Å². The van der Waals surface area contributed by atoms with E-state index in [-0.39, 0.29) is 5.88 Å². The number of benzene rings is 1. The van der Waals surface area contributed by atoms with Gasteiger partial charge in [-0.3, -0.25) is 4.57 Å². The summed E-state index contributed by atoms with van der Waals surface area (Å²) >= 11 is 12.2. The molecule has 1 aromatic carbocycles. The fraction of sp³-hybridized carbons (Fsp3) is 0.214. The average molecular weight is 323 g/mol. The van der Waals surface area contributed by atoms with Gasteiger partial charge in [-0.15, -0.1) is 11.6 Å². The number of aryl methyl sites for hydroxylation is 1. The van der Waals surface area contributed by atoms with Gasteiger partial charge in [-0.1, -0.05) is 17.7 Å². The monoisotopic (exact) mass is 322 g/mol. The van der Waals surface area contributed by atoms with Crippen molar-refractivity contribution in [2.45, 2.75) is 12.8 Å². The predicted octanol–water partition coefficient (Wildman–Crippen LogP) is 3.52. The minimum Gasteiger partial charge on any atom is -0.479 e. The molecule has 5 nitrogen and oxygen atoms in total. The topological polar surface area (TPSA) is 52.8 Å². The lowest BCUT2D eigenvalue weighted by molar-refractivity contribution is 0.401. The largest absolute Gasteiger partial charge is 0.479 e. The molecule has 0 unspecified atom stereocenters. The van der Waals surface area contributed by atoms with Crippen LogP contribution in [0.15, 0.2) is 24.5 Å². The second kappa shape index (κ2) is 5.50. The first-order valence-electron chi connectivity index (χ1n) is 6.24. The van der Waals surface area contributed by atoms with Gasteiger partial charge in [0, 0.05) is 5.02 Å². The Morgan fingerprint density at radius 1 is 1.29 bits per heavy atom. The molecular weight excluding hydrogens is 311 g/mol. The summed E-state index contributed by atoms with van der Waals surface area (Å²) in [7, 11) is 1.55. The van der Waals surface area contributed by atoms with E-state index in [0.717, 1.165) is 11.3 Å². The molecule has 7 heteroatoms. The molecule has 3 aromatic rings. The maximum atomic E-state index is 6.11. The Labute approximate surface area is 131 Å². The standard InChI is InChI=1S/C14H12Cl2N4O/c1-8-3-4-9(16)5-10(8)20-11(6-15)19-12-13(20)17-7-18-14(12)21-2/h3-5,7H,6H2,1-2H3. The summed E-state index contributed by atoms with van der Waals surface area (Å²) in [5.74, 6) is 1.33. The van der Waals surface area contributed by atoms with E-state index in [4.69, 9.17) is 27.9 Å². The predicted molar refractivity (Wildman–Crippen MR) is 82.5 cm³/mol. The van der Waals surface area contributed by atoms with Crippen molar-refractivity contribution in [2.24, 2.45) is 0 Å². The van der Waals surface area contributed by atoms with E-state index in [9.17, 15) is 0 Å². The summed E-state index contributed by atoms with van der Waals surface area (Å²) in [6.07, 6.45) is 1.44.